The van der Waals surface area contributed by atoms with E-state index in [1.165, 1.54) is 12.3 Å². The molecule has 0 spiro atoms. The Hall–Kier alpha value is -4.02. The molecule has 4 N–H and O–H groups in total. The molecule has 0 unspecified atom stereocenters. The predicted octanol–water partition coefficient (Wildman–Crippen LogP) is 1.87. The zero-order valence-corrected chi connectivity index (χ0v) is 13.5. The maximum Gasteiger partial charge on any atom is 0.273 e. The maximum atomic E-state index is 11.0. The van der Waals surface area contributed by atoms with E-state index in [1.54, 1.807) is 31.2 Å². The molecule has 11 heteroatoms. The number of hydrogen-bond donors (Lipinski definition) is 2. The first kappa shape index (κ1) is 16.8. The van der Waals surface area contributed by atoms with Gasteiger partial charge < -0.3 is 15.9 Å². The molecule has 0 amide bonds. The van der Waals surface area contributed by atoms with Gasteiger partial charge in [0.15, 0.2) is 17.3 Å². The summed E-state index contributed by atoms with van der Waals surface area (Å²) in [6, 6.07) is 8.09. The number of nitro benzene ring substituents is 1. The van der Waals surface area contributed by atoms with E-state index in [-0.39, 0.29) is 23.0 Å². The van der Waals surface area contributed by atoms with Crippen molar-refractivity contribution in [2.75, 3.05) is 5.73 Å². The van der Waals surface area contributed by atoms with Crippen LogP contribution < -0.4 is 11.5 Å². The van der Waals surface area contributed by atoms with Crippen LogP contribution in [0.3, 0.4) is 0 Å². The van der Waals surface area contributed by atoms with E-state index in [2.05, 4.69) is 25.1 Å². The number of hydrogen-bond acceptors (Lipinski definition) is 9. The van der Waals surface area contributed by atoms with Crippen molar-refractivity contribution in [3.8, 4) is 11.3 Å². The molecule has 2 heterocycles. The third-order valence-electron chi connectivity index (χ3n) is 3.50. The molecule has 0 saturated carbocycles. The average Bonchev–Trinajstić information content (AvgIpc) is 3.23. The number of nitro groups is 1. The summed E-state index contributed by atoms with van der Waals surface area (Å²) >= 11 is 0. The topological polar surface area (TPSA) is 172 Å². The summed E-state index contributed by atoms with van der Waals surface area (Å²) < 4.78 is 10.0. The van der Waals surface area contributed by atoms with E-state index in [9.17, 15) is 10.1 Å². The third-order valence-corrected chi connectivity index (χ3v) is 3.50. The Bertz CT molecular complexity index is 1020. The quantitative estimate of drug-likeness (QED) is 0.302. The maximum absolute atomic E-state index is 11.0. The first-order chi connectivity index (χ1) is 12.5. The minimum absolute atomic E-state index is 0.00267. The van der Waals surface area contributed by atoms with Crippen molar-refractivity contribution in [2.24, 2.45) is 15.9 Å². The Balaban J connectivity index is 1.82. The Kier molecular flexibility index (Phi) is 4.43. The Morgan fingerprint density at radius 1 is 1.31 bits per heavy atom. The number of nitrogen functional groups attached to an aromatic ring is 1. The molecule has 0 aliphatic heterocycles. The van der Waals surface area contributed by atoms with Gasteiger partial charge in [-0.1, -0.05) is 12.1 Å². The number of nitrogens with zero attached hydrogens (tertiary/aromatic N) is 5. The van der Waals surface area contributed by atoms with Crippen molar-refractivity contribution in [1.29, 1.82) is 0 Å². The molecule has 0 bridgehead atoms. The molecular formula is C15H13N7O4. The highest BCUT2D eigenvalue weighted by Gasteiger charge is 2.16. The highest BCUT2D eigenvalue weighted by atomic mass is 16.6. The van der Waals surface area contributed by atoms with Gasteiger partial charge in [-0.15, -0.1) is 5.10 Å². The highest BCUT2D eigenvalue weighted by Crippen LogP contribution is 2.30. The minimum Gasteiger partial charge on any atom is -0.455 e. The van der Waals surface area contributed by atoms with Gasteiger partial charge in [0.05, 0.1) is 11.1 Å². The normalized spacial score (nSPS) is 12.0. The van der Waals surface area contributed by atoms with E-state index in [0.29, 0.717) is 22.6 Å². The molecule has 2 aromatic heterocycles. The van der Waals surface area contributed by atoms with Crippen LogP contribution in [0.4, 0.5) is 11.5 Å². The number of nitrogens with two attached hydrogens (primary N) is 2. The molecule has 1 aromatic carbocycles. The van der Waals surface area contributed by atoms with Crippen LogP contribution in [0.5, 0.6) is 0 Å². The van der Waals surface area contributed by atoms with Gasteiger partial charge in [-0.05, 0) is 29.4 Å². The van der Waals surface area contributed by atoms with Crippen LogP contribution in [-0.4, -0.2) is 27.3 Å². The fourth-order valence-corrected chi connectivity index (χ4v) is 2.22. The van der Waals surface area contributed by atoms with Crippen LogP contribution in [0.25, 0.3) is 11.3 Å². The number of amidine groups is 1. The largest absolute Gasteiger partial charge is 0.455 e. The summed E-state index contributed by atoms with van der Waals surface area (Å²) in [4.78, 5) is 10.6. The second-order valence-electron chi connectivity index (χ2n) is 5.14. The van der Waals surface area contributed by atoms with Crippen molar-refractivity contribution in [1.82, 2.24) is 10.3 Å². The van der Waals surface area contributed by atoms with E-state index < -0.39 is 4.92 Å². The second-order valence-corrected chi connectivity index (χ2v) is 5.14. The Labute approximate surface area is 146 Å². The van der Waals surface area contributed by atoms with E-state index in [0.717, 1.165) is 0 Å². The van der Waals surface area contributed by atoms with Crippen LogP contribution in [0, 0.1) is 17.0 Å². The summed E-state index contributed by atoms with van der Waals surface area (Å²) in [6.45, 7) is 1.66. The van der Waals surface area contributed by atoms with Gasteiger partial charge in [-0.25, -0.2) is 4.63 Å². The summed E-state index contributed by atoms with van der Waals surface area (Å²) in [5.74, 6) is 0.785. The Morgan fingerprint density at radius 2 is 2.12 bits per heavy atom. The number of furan rings is 1. The van der Waals surface area contributed by atoms with Crippen molar-refractivity contribution in [3.63, 3.8) is 0 Å². The molecule has 3 rings (SSSR count). The first-order valence-corrected chi connectivity index (χ1v) is 7.26. The van der Waals surface area contributed by atoms with Gasteiger partial charge in [0.2, 0.25) is 0 Å². The Morgan fingerprint density at radius 3 is 2.81 bits per heavy atom. The third kappa shape index (κ3) is 3.26. The van der Waals surface area contributed by atoms with Gasteiger partial charge in [-0.3, -0.25) is 10.1 Å². The molecule has 3 aromatic rings. The molecule has 0 fully saturated rings. The van der Waals surface area contributed by atoms with Crippen molar-refractivity contribution < 1.29 is 14.0 Å². The lowest BCUT2D eigenvalue weighted by Gasteiger charge is -2.02. The van der Waals surface area contributed by atoms with Crippen LogP contribution in [0.2, 0.25) is 0 Å². The minimum atomic E-state index is -0.438. The lowest BCUT2D eigenvalue weighted by Crippen LogP contribution is -2.15. The molecule has 0 radical (unpaired) electrons. The monoisotopic (exact) mass is 355 g/mol. The molecule has 26 heavy (non-hydrogen) atoms. The van der Waals surface area contributed by atoms with Crippen molar-refractivity contribution >= 4 is 23.6 Å². The predicted molar refractivity (Wildman–Crippen MR) is 92.6 cm³/mol. The van der Waals surface area contributed by atoms with E-state index in [1.807, 2.05) is 0 Å². The summed E-state index contributed by atoms with van der Waals surface area (Å²) in [6.07, 6.45) is 1.33. The molecule has 0 aliphatic rings. The summed E-state index contributed by atoms with van der Waals surface area (Å²) in [7, 11) is 0. The zero-order valence-electron chi connectivity index (χ0n) is 13.5. The number of benzene rings is 1. The zero-order chi connectivity index (χ0) is 18.7. The SMILES string of the molecule is Cc1c(-c2ccc(C=N/N=C(/N)c3nonc3N)o2)cccc1[N+](=O)[O-]. The van der Waals surface area contributed by atoms with Gasteiger partial charge >= 0.3 is 0 Å². The summed E-state index contributed by atoms with van der Waals surface area (Å²) in [5, 5.41) is 25.4. The highest BCUT2D eigenvalue weighted by molar-refractivity contribution is 5.99. The van der Waals surface area contributed by atoms with E-state index >= 15 is 0 Å². The van der Waals surface area contributed by atoms with Crippen LogP contribution in [0.15, 0.2) is 49.6 Å². The van der Waals surface area contributed by atoms with Gasteiger partial charge in [0.25, 0.3) is 5.69 Å². The number of rotatable bonds is 5. The molecule has 0 aliphatic carbocycles. The van der Waals surface area contributed by atoms with Crippen LogP contribution in [0.1, 0.15) is 17.0 Å². The van der Waals surface area contributed by atoms with E-state index in [4.69, 9.17) is 15.9 Å². The number of aromatic nitrogens is 2. The molecule has 0 atom stereocenters. The lowest BCUT2D eigenvalue weighted by atomic mass is 10.1. The second kappa shape index (κ2) is 6.84. The van der Waals surface area contributed by atoms with Gasteiger partial charge in [0.1, 0.15) is 11.5 Å². The fourth-order valence-electron chi connectivity index (χ4n) is 2.22. The molecule has 0 saturated heterocycles. The van der Waals surface area contributed by atoms with Gasteiger partial charge in [0, 0.05) is 17.2 Å². The van der Waals surface area contributed by atoms with Crippen LogP contribution >= 0.6 is 0 Å². The van der Waals surface area contributed by atoms with Crippen molar-refractivity contribution in [3.05, 3.63) is 57.5 Å². The number of anilines is 1. The fraction of sp³-hybridized carbons (Fsp3) is 0.0667. The molecular weight excluding hydrogens is 342 g/mol. The van der Waals surface area contributed by atoms with Crippen molar-refractivity contribution in [2.45, 2.75) is 6.92 Å². The summed E-state index contributed by atoms with van der Waals surface area (Å²) in [5.41, 5.74) is 12.4. The van der Waals surface area contributed by atoms with Gasteiger partial charge in [-0.2, -0.15) is 5.10 Å². The first-order valence-electron chi connectivity index (χ1n) is 7.26. The smallest absolute Gasteiger partial charge is 0.273 e. The van der Waals surface area contributed by atoms with Crippen LogP contribution in [-0.2, 0) is 0 Å². The molecule has 132 valence electrons. The average molecular weight is 355 g/mol. The standard InChI is InChI=1S/C15H13N7O4/c1-8-10(3-2-4-11(8)22(23)24)12-6-5-9(25-12)7-18-19-14(16)13-15(17)21-26-20-13/h2-7H,1H3,(H2,16,19)(H2,17,21). The lowest BCUT2D eigenvalue weighted by molar-refractivity contribution is -0.385. The molecule has 11 nitrogen and oxygen atoms in total.